The molecule has 3 aromatic heterocycles. The molecular formula is C55H69N11O8S. The summed E-state index contributed by atoms with van der Waals surface area (Å²) in [4.78, 5) is 68.8. The molecule has 398 valence electrons. The molecule has 4 heterocycles. The van der Waals surface area contributed by atoms with E-state index in [0.717, 1.165) is 58.0 Å². The van der Waals surface area contributed by atoms with Gasteiger partial charge in [-0.15, -0.1) is 21.5 Å². The normalized spacial score (nSPS) is 15.3. The lowest BCUT2D eigenvalue weighted by Gasteiger charge is -2.35. The lowest BCUT2D eigenvalue weighted by Crippen LogP contribution is -2.58. The number of β-amino-alcohol motifs (C(OH)–C–C–N with tert-alkyl or cyclic N) is 1. The molecule has 4 atom stereocenters. The first kappa shape index (κ1) is 55.6. The molecule has 0 spiro atoms. The summed E-state index contributed by atoms with van der Waals surface area (Å²) < 4.78 is 19.3. The maximum Gasteiger partial charge on any atom is 0.251 e. The lowest BCUT2D eigenvalue weighted by atomic mass is 9.85. The highest BCUT2D eigenvalue weighted by atomic mass is 32.1. The van der Waals surface area contributed by atoms with Gasteiger partial charge in [-0.05, 0) is 98.0 Å². The van der Waals surface area contributed by atoms with E-state index in [4.69, 9.17) is 14.2 Å². The van der Waals surface area contributed by atoms with Gasteiger partial charge in [0.1, 0.15) is 36.5 Å². The standard InChI is InChI=1S/C55H69N11O8S/c1-36(61-52(69)41-14-10-15-42(27-41)57-31-47-63-64-51(65(47)6)45-21-22-56-34-59-45)40-13-11-16-44(28-40)74-26-9-7-8-23-72-24-12-25-73-33-48(68)62-50(55(3,4)5)54(71)66-32-43(67)29-46(66)53(70)58-30-38-17-19-39(20-18-38)49-37(2)60-35-75-49/h10-11,13-22,27-28,34-36,43,46,50,57,67H,7-9,12,23-26,29-33H2,1-6H3,(H,58,70)(H,61,69)(H,62,68)/t36?,43-,46+,50?/m1/s1. The number of nitrogens with one attached hydrogen (secondary N) is 4. The minimum Gasteiger partial charge on any atom is -0.494 e. The van der Waals surface area contributed by atoms with Gasteiger partial charge >= 0.3 is 0 Å². The molecule has 19 nitrogen and oxygen atoms in total. The van der Waals surface area contributed by atoms with Crippen LogP contribution in [0.25, 0.3) is 22.0 Å². The summed E-state index contributed by atoms with van der Waals surface area (Å²) in [5.41, 5.74) is 6.93. The van der Waals surface area contributed by atoms with Gasteiger partial charge in [-0.25, -0.2) is 15.0 Å². The summed E-state index contributed by atoms with van der Waals surface area (Å²) >= 11 is 1.57. The van der Waals surface area contributed by atoms with E-state index in [2.05, 4.69) is 46.4 Å². The van der Waals surface area contributed by atoms with E-state index in [0.29, 0.717) is 62.3 Å². The Kier molecular flexibility index (Phi) is 19.9. The number of likely N-dealkylation sites (tertiary alicyclic amines) is 1. The van der Waals surface area contributed by atoms with Gasteiger partial charge < -0.3 is 50.1 Å². The van der Waals surface area contributed by atoms with Crippen molar-refractivity contribution < 1.29 is 38.5 Å². The number of aromatic nitrogens is 6. The Balaban J connectivity index is 0.737. The number of aliphatic hydroxyl groups excluding tert-OH is 1. The van der Waals surface area contributed by atoms with E-state index in [-0.39, 0.29) is 44.0 Å². The van der Waals surface area contributed by atoms with Crippen molar-refractivity contribution in [3.05, 3.63) is 125 Å². The average molecular weight is 1040 g/mol. The first-order valence-corrected chi connectivity index (χ1v) is 26.2. The lowest BCUT2D eigenvalue weighted by molar-refractivity contribution is -0.144. The molecule has 7 rings (SSSR count). The van der Waals surface area contributed by atoms with Crippen LogP contribution >= 0.6 is 11.3 Å². The number of aryl methyl sites for hydroxylation is 1. The smallest absolute Gasteiger partial charge is 0.251 e. The van der Waals surface area contributed by atoms with Crippen molar-refractivity contribution in [2.75, 3.05) is 44.9 Å². The number of hydrogen-bond acceptors (Lipinski definition) is 15. The molecule has 0 radical (unpaired) electrons. The van der Waals surface area contributed by atoms with Gasteiger partial charge in [-0.2, -0.15) is 0 Å². The Morgan fingerprint density at radius 2 is 1.64 bits per heavy atom. The molecule has 3 aromatic carbocycles. The summed E-state index contributed by atoms with van der Waals surface area (Å²) in [7, 11) is 1.88. The summed E-state index contributed by atoms with van der Waals surface area (Å²) in [6.07, 6.45) is 5.58. The molecule has 1 aliphatic rings. The van der Waals surface area contributed by atoms with Gasteiger partial charge in [-0.1, -0.05) is 63.2 Å². The minimum absolute atomic E-state index is 0.00952. The van der Waals surface area contributed by atoms with Crippen LogP contribution in [0.3, 0.4) is 0 Å². The number of carbonyl (C=O) groups is 4. The highest BCUT2D eigenvalue weighted by Gasteiger charge is 2.44. The van der Waals surface area contributed by atoms with Crippen LogP contribution in [0.2, 0.25) is 0 Å². The SMILES string of the molecule is Cc1ncsc1-c1ccc(CNC(=O)[C@@H]2C[C@@H](O)CN2C(=O)C(NC(=O)COCCCOCCCCCOc2cccc(C(C)NC(=O)c3cccc(NCc4nnc(-c5ccncn5)n4C)c3)c2)C(C)(C)C)cc1. The maximum atomic E-state index is 14.0. The summed E-state index contributed by atoms with van der Waals surface area (Å²) in [6.45, 7) is 11.7. The molecule has 5 N–H and O–H groups in total. The van der Waals surface area contributed by atoms with Gasteiger partial charge in [-0.3, -0.25) is 19.2 Å². The van der Waals surface area contributed by atoms with E-state index in [1.807, 2.05) is 112 Å². The van der Waals surface area contributed by atoms with Crippen LogP contribution in [0.15, 0.2) is 96.9 Å². The van der Waals surface area contributed by atoms with Crippen LogP contribution in [0.5, 0.6) is 5.75 Å². The topological polar surface area (TPSA) is 237 Å². The van der Waals surface area contributed by atoms with Crippen LogP contribution in [-0.2, 0) is 44.0 Å². The third-order valence-electron chi connectivity index (χ3n) is 12.8. The van der Waals surface area contributed by atoms with Crippen molar-refractivity contribution in [3.8, 4) is 27.7 Å². The second-order valence-electron chi connectivity index (χ2n) is 19.7. The van der Waals surface area contributed by atoms with Crippen LogP contribution < -0.4 is 26.0 Å². The zero-order chi connectivity index (χ0) is 53.3. The second-order valence-corrected chi connectivity index (χ2v) is 20.5. The van der Waals surface area contributed by atoms with Crippen molar-refractivity contribution in [2.45, 2.75) is 104 Å². The first-order chi connectivity index (χ1) is 36.1. The maximum absolute atomic E-state index is 14.0. The zero-order valence-corrected chi connectivity index (χ0v) is 44.4. The Morgan fingerprint density at radius 3 is 2.40 bits per heavy atom. The predicted octanol–water partition coefficient (Wildman–Crippen LogP) is 6.59. The number of thiazole rings is 1. The fraction of sp³-hybridized carbons (Fsp3) is 0.436. The molecule has 75 heavy (non-hydrogen) atoms. The van der Waals surface area contributed by atoms with E-state index < -0.39 is 35.4 Å². The fourth-order valence-electron chi connectivity index (χ4n) is 8.54. The van der Waals surface area contributed by atoms with Crippen molar-refractivity contribution >= 4 is 40.7 Å². The first-order valence-electron chi connectivity index (χ1n) is 25.4. The Bertz CT molecular complexity index is 2820. The molecule has 0 aliphatic carbocycles. The van der Waals surface area contributed by atoms with E-state index in [1.54, 1.807) is 35.7 Å². The van der Waals surface area contributed by atoms with Gasteiger partial charge in [0, 0.05) is 63.8 Å². The van der Waals surface area contributed by atoms with Gasteiger partial charge in [0.2, 0.25) is 17.7 Å². The second kappa shape index (κ2) is 26.9. The molecule has 0 saturated carbocycles. The molecule has 2 unspecified atom stereocenters. The number of aliphatic hydroxyl groups is 1. The number of hydrogen-bond donors (Lipinski definition) is 5. The Labute approximate surface area is 442 Å². The van der Waals surface area contributed by atoms with Crippen LogP contribution in [0.4, 0.5) is 5.69 Å². The predicted molar refractivity (Wildman–Crippen MR) is 285 cm³/mol. The molecule has 1 fully saturated rings. The van der Waals surface area contributed by atoms with Crippen molar-refractivity contribution in [1.29, 1.82) is 0 Å². The third kappa shape index (κ3) is 15.9. The van der Waals surface area contributed by atoms with Gasteiger partial charge in [0.15, 0.2) is 11.6 Å². The number of ether oxygens (including phenoxy) is 3. The van der Waals surface area contributed by atoms with E-state index >= 15 is 0 Å². The Hall–Kier alpha value is -7.13. The molecule has 0 bridgehead atoms. The average Bonchev–Trinajstić information content (AvgIpc) is 4.14. The minimum atomic E-state index is -0.950. The molecular weight excluding hydrogens is 975 g/mol. The van der Waals surface area contributed by atoms with Crippen molar-refractivity contribution in [1.82, 2.24) is 50.6 Å². The summed E-state index contributed by atoms with van der Waals surface area (Å²) in [5.74, 6) is 0.633. The monoisotopic (exact) mass is 1040 g/mol. The molecule has 6 aromatic rings. The van der Waals surface area contributed by atoms with Gasteiger partial charge in [0.25, 0.3) is 5.91 Å². The summed E-state index contributed by atoms with van der Waals surface area (Å²) in [6, 6.07) is 22.6. The highest BCUT2D eigenvalue weighted by Crippen LogP contribution is 2.29. The zero-order valence-electron chi connectivity index (χ0n) is 43.6. The molecule has 4 amide bonds. The molecule has 1 saturated heterocycles. The van der Waals surface area contributed by atoms with Crippen molar-refractivity contribution in [3.63, 3.8) is 0 Å². The van der Waals surface area contributed by atoms with E-state index in [1.165, 1.54) is 11.2 Å². The highest BCUT2D eigenvalue weighted by molar-refractivity contribution is 7.13. The summed E-state index contributed by atoms with van der Waals surface area (Å²) in [5, 5.41) is 31.3. The number of anilines is 1. The Morgan fingerprint density at radius 1 is 0.867 bits per heavy atom. The van der Waals surface area contributed by atoms with Crippen LogP contribution in [0, 0.1) is 12.3 Å². The number of unbranched alkanes of at least 4 members (excludes halogenated alkanes) is 2. The van der Waals surface area contributed by atoms with Gasteiger partial charge in [0.05, 0.1) is 41.4 Å². The number of carbonyl (C=O) groups excluding carboxylic acids is 4. The quantitative estimate of drug-likeness (QED) is 0.0361. The molecule has 1 aliphatic heterocycles. The molecule has 20 heteroatoms. The van der Waals surface area contributed by atoms with Crippen LogP contribution in [-0.4, -0.2) is 121 Å². The number of benzene rings is 3. The number of rotatable bonds is 26. The number of nitrogens with zero attached hydrogens (tertiary/aromatic N) is 7. The van der Waals surface area contributed by atoms with Crippen LogP contribution in [0.1, 0.15) is 98.8 Å². The number of amides is 4. The fourth-order valence-corrected chi connectivity index (χ4v) is 9.35. The van der Waals surface area contributed by atoms with E-state index in [9.17, 15) is 24.3 Å². The van der Waals surface area contributed by atoms with Crippen molar-refractivity contribution in [2.24, 2.45) is 12.5 Å². The third-order valence-corrected chi connectivity index (χ3v) is 13.8. The largest absolute Gasteiger partial charge is 0.494 e.